The fraction of sp³-hybridized carbons (Fsp3) is 0.929. The Hall–Kier alpha value is -0.660. The van der Waals surface area contributed by atoms with Gasteiger partial charge in [0.15, 0.2) is 0 Å². The highest BCUT2D eigenvalue weighted by atomic mass is 32.2. The Bertz CT molecular complexity index is 417. The van der Waals surface area contributed by atoms with Crippen LogP contribution < -0.4 is 11.1 Å². The molecule has 124 valence electrons. The van der Waals surface area contributed by atoms with Gasteiger partial charge < -0.3 is 11.1 Å². The normalized spacial score (nSPS) is 19.4. The van der Waals surface area contributed by atoms with Crippen LogP contribution in [0.25, 0.3) is 0 Å². The van der Waals surface area contributed by atoms with E-state index in [0.29, 0.717) is 38.8 Å². The van der Waals surface area contributed by atoms with Gasteiger partial charge in [0.25, 0.3) is 0 Å². The minimum Gasteiger partial charge on any atom is -0.353 e. The summed E-state index contributed by atoms with van der Waals surface area (Å²) in [5.41, 5.74) is 5.85. The molecule has 1 unspecified atom stereocenters. The third-order valence-electron chi connectivity index (χ3n) is 3.78. The Morgan fingerprint density at radius 2 is 1.90 bits per heavy atom. The summed E-state index contributed by atoms with van der Waals surface area (Å²) in [4.78, 5) is 11.9. The Balaban J connectivity index is 2.35. The lowest BCUT2D eigenvalue weighted by molar-refractivity contribution is -0.122. The Morgan fingerprint density at radius 1 is 1.29 bits per heavy atom. The first kappa shape index (κ1) is 18.4. The second-order valence-electron chi connectivity index (χ2n) is 5.81. The highest BCUT2D eigenvalue weighted by Crippen LogP contribution is 2.15. The third kappa shape index (κ3) is 6.32. The second kappa shape index (κ2) is 8.70. The van der Waals surface area contributed by atoms with E-state index in [1.807, 2.05) is 13.8 Å². The topological polar surface area (TPSA) is 92.5 Å². The Kier molecular flexibility index (Phi) is 7.62. The zero-order chi connectivity index (χ0) is 15.9. The summed E-state index contributed by atoms with van der Waals surface area (Å²) in [5, 5.41) is 2.97. The van der Waals surface area contributed by atoms with Crippen molar-refractivity contribution >= 4 is 15.9 Å². The lowest BCUT2D eigenvalue weighted by Gasteiger charge is -2.31. The maximum Gasteiger partial charge on any atom is 0.221 e. The number of nitrogens with two attached hydrogens (primary N) is 1. The lowest BCUT2D eigenvalue weighted by atomic mass is 10.1. The number of sulfonamides is 1. The van der Waals surface area contributed by atoms with E-state index >= 15 is 0 Å². The number of nitrogens with zero attached hydrogens (tertiary/aromatic N) is 1. The van der Waals surface area contributed by atoms with Crippen LogP contribution in [0.1, 0.15) is 52.4 Å². The molecule has 0 aromatic rings. The van der Waals surface area contributed by atoms with Crippen molar-refractivity contribution < 1.29 is 13.2 Å². The van der Waals surface area contributed by atoms with Crippen molar-refractivity contribution in [2.45, 2.75) is 64.5 Å². The molecule has 1 fully saturated rings. The minimum absolute atomic E-state index is 0.0224. The third-order valence-corrected chi connectivity index (χ3v) is 5.86. The van der Waals surface area contributed by atoms with Crippen LogP contribution in [0.5, 0.6) is 0 Å². The summed E-state index contributed by atoms with van der Waals surface area (Å²) in [5.74, 6) is 0.182. The molecule has 1 aliphatic heterocycles. The molecule has 0 saturated carbocycles. The van der Waals surface area contributed by atoms with Crippen molar-refractivity contribution in [2.24, 2.45) is 5.73 Å². The zero-order valence-electron chi connectivity index (χ0n) is 13.2. The van der Waals surface area contributed by atoms with Crippen molar-refractivity contribution in [3.63, 3.8) is 0 Å². The molecule has 1 heterocycles. The first-order valence-corrected chi connectivity index (χ1v) is 9.52. The molecular formula is C14H29N3O3S. The minimum atomic E-state index is -3.11. The van der Waals surface area contributed by atoms with Crippen LogP contribution in [-0.4, -0.2) is 49.6 Å². The predicted octanol–water partition coefficient (Wildman–Crippen LogP) is 0.824. The highest BCUT2D eigenvalue weighted by Gasteiger charge is 2.28. The van der Waals surface area contributed by atoms with Crippen molar-refractivity contribution in [3.05, 3.63) is 0 Å². The maximum atomic E-state index is 12.0. The maximum absolute atomic E-state index is 12.0. The van der Waals surface area contributed by atoms with Crippen LogP contribution in [0.4, 0.5) is 0 Å². The molecule has 0 aromatic carbocycles. The standard InChI is InChI=1S/C14H29N3O3S/c1-3-5-12(15)11-14(18)16-13-6-8-17(9-7-13)21(19,20)10-4-2/h12-13H,3-11,15H2,1-2H3,(H,16,18). The molecule has 0 radical (unpaired) electrons. The van der Waals surface area contributed by atoms with Gasteiger partial charge in [-0.15, -0.1) is 0 Å². The summed E-state index contributed by atoms with van der Waals surface area (Å²) in [6.07, 6.45) is 4.16. The molecule has 7 heteroatoms. The van der Waals surface area contributed by atoms with Gasteiger partial charge in [0.2, 0.25) is 15.9 Å². The molecule has 0 aliphatic carbocycles. The first-order valence-electron chi connectivity index (χ1n) is 7.91. The summed E-state index contributed by atoms with van der Waals surface area (Å²) in [6.45, 7) is 4.90. The first-order chi connectivity index (χ1) is 9.89. The zero-order valence-corrected chi connectivity index (χ0v) is 14.0. The second-order valence-corrected chi connectivity index (χ2v) is 7.90. The van der Waals surface area contributed by atoms with Crippen LogP contribution in [-0.2, 0) is 14.8 Å². The van der Waals surface area contributed by atoms with E-state index in [9.17, 15) is 13.2 Å². The van der Waals surface area contributed by atoms with E-state index in [0.717, 1.165) is 12.8 Å². The monoisotopic (exact) mass is 319 g/mol. The number of nitrogens with one attached hydrogen (secondary N) is 1. The smallest absolute Gasteiger partial charge is 0.221 e. The number of carbonyl (C=O) groups is 1. The number of carbonyl (C=O) groups excluding carboxylic acids is 1. The number of hydrogen-bond acceptors (Lipinski definition) is 4. The molecule has 0 bridgehead atoms. The molecule has 6 nitrogen and oxygen atoms in total. The lowest BCUT2D eigenvalue weighted by Crippen LogP contribution is -2.47. The summed E-state index contributed by atoms with van der Waals surface area (Å²) in [7, 11) is -3.11. The fourth-order valence-corrected chi connectivity index (χ4v) is 4.20. The van der Waals surface area contributed by atoms with Crippen LogP contribution in [0.3, 0.4) is 0 Å². The van der Waals surface area contributed by atoms with E-state index < -0.39 is 10.0 Å². The Morgan fingerprint density at radius 3 is 2.43 bits per heavy atom. The van der Waals surface area contributed by atoms with E-state index in [4.69, 9.17) is 5.73 Å². The van der Waals surface area contributed by atoms with Gasteiger partial charge in [0, 0.05) is 31.6 Å². The van der Waals surface area contributed by atoms with Crippen molar-refractivity contribution in [3.8, 4) is 0 Å². The Labute approximate surface area is 128 Å². The largest absolute Gasteiger partial charge is 0.353 e. The van der Waals surface area contributed by atoms with E-state index in [2.05, 4.69) is 5.32 Å². The number of hydrogen-bond donors (Lipinski definition) is 2. The molecule has 1 rings (SSSR count). The van der Waals surface area contributed by atoms with Crippen molar-refractivity contribution in [1.82, 2.24) is 9.62 Å². The van der Waals surface area contributed by atoms with Gasteiger partial charge in [-0.3, -0.25) is 4.79 Å². The van der Waals surface area contributed by atoms with Gasteiger partial charge in [0.1, 0.15) is 0 Å². The molecule has 0 aromatic heterocycles. The van der Waals surface area contributed by atoms with Gasteiger partial charge >= 0.3 is 0 Å². The molecule has 0 spiro atoms. The predicted molar refractivity (Wildman–Crippen MR) is 84.3 cm³/mol. The number of amides is 1. The van der Waals surface area contributed by atoms with E-state index in [1.54, 1.807) is 4.31 Å². The number of rotatable bonds is 8. The average molecular weight is 319 g/mol. The summed E-state index contributed by atoms with van der Waals surface area (Å²) in [6, 6.07) is -0.0144. The van der Waals surface area contributed by atoms with Crippen molar-refractivity contribution in [1.29, 1.82) is 0 Å². The molecule has 1 atom stereocenters. The highest BCUT2D eigenvalue weighted by molar-refractivity contribution is 7.89. The average Bonchev–Trinajstić information content (AvgIpc) is 2.39. The van der Waals surface area contributed by atoms with Gasteiger partial charge in [-0.2, -0.15) is 0 Å². The molecule has 1 aliphatic rings. The van der Waals surface area contributed by atoms with Crippen LogP contribution >= 0.6 is 0 Å². The molecule has 1 amide bonds. The van der Waals surface area contributed by atoms with Gasteiger partial charge in [-0.1, -0.05) is 20.3 Å². The van der Waals surface area contributed by atoms with Crippen LogP contribution in [0.2, 0.25) is 0 Å². The fourth-order valence-electron chi connectivity index (χ4n) is 2.66. The molecule has 1 saturated heterocycles. The molecule has 3 N–H and O–H groups in total. The van der Waals surface area contributed by atoms with Gasteiger partial charge in [0.05, 0.1) is 5.75 Å². The number of piperidine rings is 1. The quantitative estimate of drug-likeness (QED) is 0.693. The molecular weight excluding hydrogens is 290 g/mol. The van der Waals surface area contributed by atoms with Gasteiger partial charge in [-0.05, 0) is 25.7 Å². The summed E-state index contributed by atoms with van der Waals surface area (Å²) >= 11 is 0. The van der Waals surface area contributed by atoms with Crippen LogP contribution in [0.15, 0.2) is 0 Å². The van der Waals surface area contributed by atoms with Crippen LogP contribution in [0, 0.1) is 0 Å². The van der Waals surface area contributed by atoms with E-state index in [1.165, 1.54) is 0 Å². The van der Waals surface area contributed by atoms with E-state index in [-0.39, 0.29) is 23.7 Å². The SMILES string of the molecule is CCCC(N)CC(=O)NC1CCN(S(=O)(=O)CCC)CC1. The molecule has 21 heavy (non-hydrogen) atoms. The van der Waals surface area contributed by atoms with Gasteiger partial charge in [-0.25, -0.2) is 12.7 Å². The van der Waals surface area contributed by atoms with Crippen molar-refractivity contribution in [2.75, 3.05) is 18.8 Å². The summed E-state index contributed by atoms with van der Waals surface area (Å²) < 4.78 is 25.5.